The van der Waals surface area contributed by atoms with Crippen LogP contribution in [0.2, 0.25) is 0 Å². The summed E-state index contributed by atoms with van der Waals surface area (Å²) >= 11 is 0. The number of nitriles is 1. The number of anilines is 2. The Kier molecular flexibility index (Phi) is 2.98. The number of hydrogen-bond acceptors (Lipinski definition) is 5. The Bertz CT molecular complexity index is 803. The highest BCUT2D eigenvalue weighted by molar-refractivity contribution is 5.92. The molecule has 0 atom stereocenters. The molecule has 2 heterocycles. The SMILES string of the molecule is Cc1cc(Nc2cnc(C#N)cn2)c2ccccc2n1. The predicted octanol–water partition coefficient (Wildman–Crippen LogP) is 2.95. The van der Waals surface area contributed by atoms with Gasteiger partial charge in [0.2, 0.25) is 0 Å². The summed E-state index contributed by atoms with van der Waals surface area (Å²) in [6.45, 7) is 1.95. The third kappa shape index (κ3) is 2.27. The third-order valence-electron chi connectivity index (χ3n) is 2.87. The van der Waals surface area contributed by atoms with Crippen molar-refractivity contribution in [3.63, 3.8) is 0 Å². The van der Waals surface area contributed by atoms with Crippen LogP contribution in [0.4, 0.5) is 11.5 Å². The summed E-state index contributed by atoms with van der Waals surface area (Å²) in [4.78, 5) is 12.6. The van der Waals surface area contributed by atoms with E-state index in [0.29, 0.717) is 11.5 Å². The van der Waals surface area contributed by atoms with E-state index in [9.17, 15) is 0 Å². The zero-order valence-electron chi connectivity index (χ0n) is 10.8. The predicted molar refractivity (Wildman–Crippen MR) is 76.5 cm³/mol. The van der Waals surface area contributed by atoms with E-state index in [-0.39, 0.29) is 0 Å². The van der Waals surface area contributed by atoms with Gasteiger partial charge in [-0.2, -0.15) is 5.26 Å². The largest absolute Gasteiger partial charge is 0.338 e. The molecule has 0 spiro atoms. The zero-order chi connectivity index (χ0) is 13.9. The molecule has 0 aliphatic heterocycles. The molecule has 0 aliphatic rings. The monoisotopic (exact) mass is 261 g/mol. The molecular formula is C15H11N5. The van der Waals surface area contributed by atoms with E-state index >= 15 is 0 Å². The first-order valence-corrected chi connectivity index (χ1v) is 6.12. The number of fused-ring (bicyclic) bond motifs is 1. The maximum Gasteiger partial charge on any atom is 0.158 e. The van der Waals surface area contributed by atoms with Crippen LogP contribution in [-0.4, -0.2) is 15.0 Å². The number of para-hydroxylation sites is 1. The molecule has 3 aromatic rings. The van der Waals surface area contributed by atoms with Crippen LogP contribution in [0.1, 0.15) is 11.4 Å². The Labute approximate surface area is 116 Å². The second-order valence-corrected chi connectivity index (χ2v) is 4.35. The van der Waals surface area contributed by atoms with E-state index < -0.39 is 0 Å². The van der Waals surface area contributed by atoms with Crippen LogP contribution in [0.5, 0.6) is 0 Å². The van der Waals surface area contributed by atoms with Gasteiger partial charge in [0.05, 0.1) is 23.6 Å². The zero-order valence-corrected chi connectivity index (χ0v) is 10.8. The molecule has 0 amide bonds. The molecule has 20 heavy (non-hydrogen) atoms. The molecule has 5 heteroatoms. The van der Waals surface area contributed by atoms with Crippen LogP contribution < -0.4 is 5.32 Å². The summed E-state index contributed by atoms with van der Waals surface area (Å²) < 4.78 is 0. The number of aromatic nitrogens is 3. The summed E-state index contributed by atoms with van der Waals surface area (Å²) in [6, 6.07) is 11.8. The minimum absolute atomic E-state index is 0.298. The first-order valence-electron chi connectivity index (χ1n) is 6.12. The number of hydrogen-bond donors (Lipinski definition) is 1. The van der Waals surface area contributed by atoms with Gasteiger partial charge in [-0.3, -0.25) is 4.98 Å². The van der Waals surface area contributed by atoms with E-state index in [1.54, 1.807) is 6.20 Å². The molecule has 2 aromatic heterocycles. The van der Waals surface area contributed by atoms with Crippen molar-refractivity contribution in [1.29, 1.82) is 5.26 Å². The smallest absolute Gasteiger partial charge is 0.158 e. The standard InChI is InChI=1S/C15H11N5/c1-10-6-14(12-4-2-3-5-13(12)19-10)20-15-9-17-11(7-16)8-18-15/h2-6,8-9H,1H3,(H,18,19,20). The quantitative estimate of drug-likeness (QED) is 0.767. The van der Waals surface area contributed by atoms with Crippen molar-refractivity contribution in [2.24, 2.45) is 0 Å². The summed E-state index contributed by atoms with van der Waals surface area (Å²) in [6.07, 6.45) is 2.99. The first-order chi connectivity index (χ1) is 9.76. The number of nitrogens with zero attached hydrogens (tertiary/aromatic N) is 4. The highest BCUT2D eigenvalue weighted by Gasteiger charge is 2.05. The fraction of sp³-hybridized carbons (Fsp3) is 0.0667. The fourth-order valence-electron chi connectivity index (χ4n) is 2.00. The lowest BCUT2D eigenvalue weighted by Gasteiger charge is -2.09. The van der Waals surface area contributed by atoms with Crippen LogP contribution in [0.15, 0.2) is 42.7 Å². The summed E-state index contributed by atoms with van der Waals surface area (Å²) in [5.74, 6) is 0.597. The lowest BCUT2D eigenvalue weighted by molar-refractivity contribution is 1.16. The van der Waals surface area contributed by atoms with E-state index in [2.05, 4.69) is 20.3 Å². The number of benzene rings is 1. The van der Waals surface area contributed by atoms with Crippen LogP contribution in [-0.2, 0) is 0 Å². The van der Waals surface area contributed by atoms with Crippen molar-refractivity contribution in [3.8, 4) is 6.07 Å². The molecule has 0 fully saturated rings. The normalized spacial score (nSPS) is 10.2. The lowest BCUT2D eigenvalue weighted by Crippen LogP contribution is -1.98. The highest BCUT2D eigenvalue weighted by atomic mass is 15.0. The molecule has 0 radical (unpaired) electrons. The van der Waals surface area contributed by atoms with Gasteiger partial charge in [-0.1, -0.05) is 18.2 Å². The van der Waals surface area contributed by atoms with Crippen molar-refractivity contribution >= 4 is 22.4 Å². The van der Waals surface area contributed by atoms with Gasteiger partial charge in [-0.05, 0) is 19.1 Å². The summed E-state index contributed by atoms with van der Waals surface area (Å²) in [5.41, 5.74) is 3.07. The van der Waals surface area contributed by atoms with Gasteiger partial charge in [0.25, 0.3) is 0 Å². The van der Waals surface area contributed by atoms with Crippen molar-refractivity contribution in [1.82, 2.24) is 15.0 Å². The molecule has 0 aliphatic carbocycles. The molecule has 96 valence electrons. The minimum Gasteiger partial charge on any atom is -0.338 e. The van der Waals surface area contributed by atoms with Gasteiger partial charge in [-0.15, -0.1) is 0 Å². The Morgan fingerprint density at radius 3 is 2.75 bits per heavy atom. The minimum atomic E-state index is 0.298. The molecular weight excluding hydrogens is 250 g/mol. The molecule has 0 unspecified atom stereocenters. The van der Waals surface area contributed by atoms with Crippen molar-refractivity contribution in [2.75, 3.05) is 5.32 Å². The van der Waals surface area contributed by atoms with E-state index in [4.69, 9.17) is 5.26 Å². The van der Waals surface area contributed by atoms with Crippen molar-refractivity contribution < 1.29 is 0 Å². The van der Waals surface area contributed by atoms with Crippen LogP contribution >= 0.6 is 0 Å². The fourth-order valence-corrected chi connectivity index (χ4v) is 2.00. The van der Waals surface area contributed by atoms with Gasteiger partial charge in [0.1, 0.15) is 11.9 Å². The molecule has 3 rings (SSSR count). The van der Waals surface area contributed by atoms with E-state index in [1.807, 2.05) is 43.3 Å². The van der Waals surface area contributed by atoms with E-state index in [0.717, 1.165) is 22.3 Å². The molecule has 5 nitrogen and oxygen atoms in total. The Hall–Kier alpha value is -3.00. The highest BCUT2D eigenvalue weighted by Crippen LogP contribution is 2.25. The van der Waals surface area contributed by atoms with Crippen LogP contribution in [0, 0.1) is 18.3 Å². The molecule has 0 saturated carbocycles. The Morgan fingerprint density at radius 1 is 1.15 bits per heavy atom. The Balaban J connectivity index is 2.03. The maximum atomic E-state index is 8.71. The summed E-state index contributed by atoms with van der Waals surface area (Å²) in [7, 11) is 0. The van der Waals surface area contributed by atoms with Crippen molar-refractivity contribution in [3.05, 3.63) is 54.1 Å². The van der Waals surface area contributed by atoms with Gasteiger partial charge in [0, 0.05) is 11.1 Å². The molecule has 1 aromatic carbocycles. The molecule has 1 N–H and O–H groups in total. The topological polar surface area (TPSA) is 74.5 Å². The van der Waals surface area contributed by atoms with Gasteiger partial charge >= 0.3 is 0 Å². The number of aryl methyl sites for hydroxylation is 1. The van der Waals surface area contributed by atoms with Crippen molar-refractivity contribution in [2.45, 2.75) is 6.92 Å². The first kappa shape index (κ1) is 12.1. The van der Waals surface area contributed by atoms with Gasteiger partial charge in [0.15, 0.2) is 5.69 Å². The van der Waals surface area contributed by atoms with E-state index in [1.165, 1.54) is 6.20 Å². The average Bonchev–Trinajstić information content (AvgIpc) is 2.48. The van der Waals surface area contributed by atoms with Gasteiger partial charge < -0.3 is 5.32 Å². The van der Waals surface area contributed by atoms with Crippen LogP contribution in [0.25, 0.3) is 10.9 Å². The van der Waals surface area contributed by atoms with Gasteiger partial charge in [-0.25, -0.2) is 9.97 Å². The number of pyridine rings is 1. The maximum absolute atomic E-state index is 8.71. The summed E-state index contributed by atoms with van der Waals surface area (Å²) in [5, 5.41) is 12.9. The average molecular weight is 261 g/mol. The third-order valence-corrected chi connectivity index (χ3v) is 2.87. The lowest BCUT2D eigenvalue weighted by atomic mass is 10.1. The second kappa shape index (κ2) is 4.94. The molecule has 0 saturated heterocycles. The number of rotatable bonds is 2. The second-order valence-electron chi connectivity index (χ2n) is 4.35. The van der Waals surface area contributed by atoms with Crippen LogP contribution in [0.3, 0.4) is 0 Å². The number of nitrogens with one attached hydrogen (secondary N) is 1. The Morgan fingerprint density at radius 2 is 2.00 bits per heavy atom. The molecule has 0 bridgehead atoms.